The number of para-hydroxylation sites is 2. The van der Waals surface area contributed by atoms with Gasteiger partial charge in [0.25, 0.3) is 0 Å². The minimum Gasteiger partial charge on any atom is -0.490 e. The molecule has 1 saturated heterocycles. The summed E-state index contributed by atoms with van der Waals surface area (Å²) in [6.07, 6.45) is 2.33. The van der Waals surface area contributed by atoms with Gasteiger partial charge in [0.05, 0.1) is 13.2 Å². The van der Waals surface area contributed by atoms with Crippen LogP contribution >= 0.6 is 0 Å². The van der Waals surface area contributed by atoms with Crippen LogP contribution in [0.25, 0.3) is 0 Å². The van der Waals surface area contributed by atoms with E-state index in [1.807, 2.05) is 36.1 Å². The van der Waals surface area contributed by atoms with Gasteiger partial charge in [0.1, 0.15) is 0 Å². The highest BCUT2D eigenvalue weighted by Crippen LogP contribution is 2.26. The van der Waals surface area contributed by atoms with Crippen molar-refractivity contribution in [1.82, 2.24) is 9.80 Å². The smallest absolute Gasteiger partial charge is 0.222 e. The second-order valence-electron chi connectivity index (χ2n) is 5.87. The van der Waals surface area contributed by atoms with Gasteiger partial charge in [-0.2, -0.15) is 0 Å². The number of ether oxygens (including phenoxy) is 2. The molecule has 0 N–H and O–H groups in total. The molecule has 23 heavy (non-hydrogen) atoms. The first-order valence-electron chi connectivity index (χ1n) is 8.51. The maximum Gasteiger partial charge on any atom is 0.222 e. The van der Waals surface area contributed by atoms with Crippen molar-refractivity contribution in [3.63, 3.8) is 0 Å². The summed E-state index contributed by atoms with van der Waals surface area (Å²) in [5, 5.41) is 0. The van der Waals surface area contributed by atoms with Crippen LogP contribution in [-0.4, -0.2) is 62.1 Å². The number of hydrogen-bond donors (Lipinski definition) is 0. The third kappa shape index (κ3) is 5.75. The molecule has 0 spiro atoms. The molecule has 5 nitrogen and oxygen atoms in total. The standard InChI is InChI=1S/C18H28N2O3/c1-3-22-16-8-4-5-9-17(16)23-15-6-10-18(21)20-12-7-11-19(2)13-14-20/h4-5,8-9H,3,6-7,10-15H2,1-2H3. The fraction of sp³-hybridized carbons (Fsp3) is 0.611. The van der Waals surface area contributed by atoms with E-state index in [1.165, 1.54) is 0 Å². The molecule has 1 aromatic carbocycles. The zero-order valence-corrected chi connectivity index (χ0v) is 14.3. The molecule has 0 aromatic heterocycles. The van der Waals surface area contributed by atoms with E-state index in [1.54, 1.807) is 0 Å². The number of carbonyl (C=O) groups is 1. The Morgan fingerprint density at radius 2 is 1.83 bits per heavy atom. The first-order valence-corrected chi connectivity index (χ1v) is 8.51. The molecule has 0 radical (unpaired) electrons. The highest BCUT2D eigenvalue weighted by molar-refractivity contribution is 5.76. The lowest BCUT2D eigenvalue weighted by molar-refractivity contribution is -0.131. The number of nitrogens with zero attached hydrogens (tertiary/aromatic N) is 2. The molecular formula is C18H28N2O3. The maximum absolute atomic E-state index is 12.3. The SMILES string of the molecule is CCOc1ccccc1OCCCC(=O)N1CCCN(C)CC1. The van der Waals surface area contributed by atoms with E-state index < -0.39 is 0 Å². The summed E-state index contributed by atoms with van der Waals surface area (Å²) in [5.41, 5.74) is 0. The molecule has 1 heterocycles. The summed E-state index contributed by atoms with van der Waals surface area (Å²) in [6, 6.07) is 7.66. The molecular weight excluding hydrogens is 292 g/mol. The predicted molar refractivity (Wildman–Crippen MR) is 91.0 cm³/mol. The molecule has 0 bridgehead atoms. The first kappa shape index (κ1) is 17.6. The molecule has 5 heteroatoms. The summed E-state index contributed by atoms with van der Waals surface area (Å²) >= 11 is 0. The van der Waals surface area contributed by atoms with Crippen LogP contribution in [0.2, 0.25) is 0 Å². The molecule has 0 unspecified atom stereocenters. The summed E-state index contributed by atoms with van der Waals surface area (Å²) in [6.45, 7) is 6.84. The van der Waals surface area contributed by atoms with E-state index in [0.717, 1.165) is 50.5 Å². The Bertz CT molecular complexity index is 493. The van der Waals surface area contributed by atoms with Gasteiger partial charge in [-0.05, 0) is 45.5 Å². The van der Waals surface area contributed by atoms with Crippen molar-refractivity contribution < 1.29 is 14.3 Å². The molecule has 0 atom stereocenters. The molecule has 0 aliphatic carbocycles. The van der Waals surface area contributed by atoms with Gasteiger partial charge in [0, 0.05) is 26.1 Å². The second-order valence-corrected chi connectivity index (χ2v) is 5.87. The van der Waals surface area contributed by atoms with Crippen molar-refractivity contribution >= 4 is 5.91 Å². The molecule has 1 aliphatic heterocycles. The number of likely N-dealkylation sites (N-methyl/N-ethyl adjacent to an activating group) is 1. The van der Waals surface area contributed by atoms with Gasteiger partial charge in [0.15, 0.2) is 11.5 Å². The number of benzene rings is 1. The van der Waals surface area contributed by atoms with Crippen molar-refractivity contribution in [3.05, 3.63) is 24.3 Å². The molecule has 1 fully saturated rings. The van der Waals surface area contributed by atoms with Crippen LogP contribution in [0, 0.1) is 0 Å². The van der Waals surface area contributed by atoms with E-state index in [4.69, 9.17) is 9.47 Å². The van der Waals surface area contributed by atoms with E-state index in [0.29, 0.717) is 19.6 Å². The van der Waals surface area contributed by atoms with Crippen molar-refractivity contribution in [1.29, 1.82) is 0 Å². The van der Waals surface area contributed by atoms with Crippen LogP contribution in [0.4, 0.5) is 0 Å². The lowest BCUT2D eigenvalue weighted by Gasteiger charge is -2.20. The molecule has 128 valence electrons. The van der Waals surface area contributed by atoms with Gasteiger partial charge in [-0.1, -0.05) is 12.1 Å². The van der Waals surface area contributed by atoms with E-state index >= 15 is 0 Å². The van der Waals surface area contributed by atoms with Gasteiger partial charge >= 0.3 is 0 Å². The molecule has 1 amide bonds. The monoisotopic (exact) mass is 320 g/mol. The Morgan fingerprint density at radius 1 is 1.09 bits per heavy atom. The van der Waals surface area contributed by atoms with Crippen LogP contribution in [0.1, 0.15) is 26.2 Å². The number of rotatable bonds is 7. The average molecular weight is 320 g/mol. The summed E-state index contributed by atoms with van der Waals surface area (Å²) in [7, 11) is 2.11. The lowest BCUT2D eigenvalue weighted by atomic mass is 10.2. The predicted octanol–water partition coefficient (Wildman–Crippen LogP) is 2.41. The Labute approximate surface area is 139 Å². The maximum atomic E-state index is 12.3. The Kier molecular flexibility index (Phi) is 7.20. The van der Waals surface area contributed by atoms with Crippen LogP contribution < -0.4 is 9.47 Å². The normalized spacial score (nSPS) is 16.0. The van der Waals surface area contributed by atoms with Gasteiger partial charge < -0.3 is 19.3 Å². The summed E-state index contributed by atoms with van der Waals surface area (Å²) in [4.78, 5) is 16.5. The van der Waals surface area contributed by atoms with Crippen LogP contribution in [0.5, 0.6) is 11.5 Å². The molecule has 1 aliphatic rings. The van der Waals surface area contributed by atoms with Crippen LogP contribution in [-0.2, 0) is 4.79 Å². The fourth-order valence-electron chi connectivity index (χ4n) is 2.70. The zero-order chi connectivity index (χ0) is 16.5. The zero-order valence-electron chi connectivity index (χ0n) is 14.3. The van der Waals surface area contributed by atoms with E-state index in [-0.39, 0.29) is 5.91 Å². The second kappa shape index (κ2) is 9.40. The minimum absolute atomic E-state index is 0.238. The van der Waals surface area contributed by atoms with Crippen molar-refractivity contribution in [3.8, 4) is 11.5 Å². The first-order chi connectivity index (χ1) is 11.2. The van der Waals surface area contributed by atoms with Gasteiger partial charge in [0.2, 0.25) is 5.91 Å². The van der Waals surface area contributed by atoms with Crippen molar-refractivity contribution in [2.75, 3.05) is 46.4 Å². The van der Waals surface area contributed by atoms with Gasteiger partial charge in [-0.3, -0.25) is 4.79 Å². The Balaban J connectivity index is 1.71. The highest BCUT2D eigenvalue weighted by Gasteiger charge is 2.16. The fourth-order valence-corrected chi connectivity index (χ4v) is 2.70. The third-order valence-corrected chi connectivity index (χ3v) is 4.01. The van der Waals surface area contributed by atoms with Crippen molar-refractivity contribution in [2.24, 2.45) is 0 Å². The summed E-state index contributed by atoms with van der Waals surface area (Å²) < 4.78 is 11.3. The van der Waals surface area contributed by atoms with Crippen LogP contribution in [0.3, 0.4) is 0 Å². The molecule has 2 rings (SSSR count). The van der Waals surface area contributed by atoms with Crippen LogP contribution in [0.15, 0.2) is 24.3 Å². The van der Waals surface area contributed by atoms with Crippen molar-refractivity contribution in [2.45, 2.75) is 26.2 Å². The largest absolute Gasteiger partial charge is 0.490 e. The number of carbonyl (C=O) groups excluding carboxylic acids is 1. The highest BCUT2D eigenvalue weighted by atomic mass is 16.5. The minimum atomic E-state index is 0.238. The van der Waals surface area contributed by atoms with Gasteiger partial charge in [-0.15, -0.1) is 0 Å². The van der Waals surface area contributed by atoms with E-state index in [9.17, 15) is 4.79 Å². The number of amides is 1. The summed E-state index contributed by atoms with van der Waals surface area (Å²) in [5.74, 6) is 1.75. The topological polar surface area (TPSA) is 42.0 Å². The molecule has 1 aromatic rings. The Hall–Kier alpha value is -1.75. The molecule has 0 saturated carbocycles. The van der Waals surface area contributed by atoms with E-state index in [2.05, 4.69) is 11.9 Å². The Morgan fingerprint density at radius 3 is 2.57 bits per heavy atom. The van der Waals surface area contributed by atoms with Gasteiger partial charge in [-0.25, -0.2) is 0 Å². The lowest BCUT2D eigenvalue weighted by Crippen LogP contribution is -2.34. The third-order valence-electron chi connectivity index (χ3n) is 4.01. The average Bonchev–Trinajstić information content (AvgIpc) is 2.78. The number of hydrogen-bond acceptors (Lipinski definition) is 4. The quantitative estimate of drug-likeness (QED) is 0.724.